The molecule has 0 atom stereocenters. The van der Waals surface area contributed by atoms with Gasteiger partial charge in [-0.25, -0.2) is 9.50 Å². The average Bonchev–Trinajstić information content (AvgIpc) is 2.86. The molecule has 0 fully saturated rings. The summed E-state index contributed by atoms with van der Waals surface area (Å²) in [5.41, 5.74) is 5.12. The number of methoxy groups -OCH3 is 1. The summed E-state index contributed by atoms with van der Waals surface area (Å²) in [7, 11) is 1.70. The third kappa shape index (κ3) is 3.17. The molecular formula is C19H22N4O2. The maximum atomic E-state index is 12.2. The minimum absolute atomic E-state index is 0.0593. The number of aryl methyl sites for hydroxylation is 1. The number of hydrogen-bond acceptors (Lipinski definition) is 4. The molecule has 6 heteroatoms. The zero-order chi connectivity index (χ0) is 17.4. The highest BCUT2D eigenvalue weighted by atomic mass is 16.5. The predicted molar refractivity (Wildman–Crippen MR) is 96.2 cm³/mol. The SMILES string of the molecule is COc1ccc2c(c1)CCN(Cc1cc(=O)n3[nH]c(C)cc3n1)CC2. The summed E-state index contributed by atoms with van der Waals surface area (Å²) in [6, 6.07) is 9.85. The van der Waals surface area contributed by atoms with Crippen LogP contribution in [-0.2, 0) is 19.4 Å². The Kier molecular flexibility index (Phi) is 4.05. The Balaban J connectivity index is 1.53. The first-order valence-corrected chi connectivity index (χ1v) is 8.59. The third-order valence-electron chi connectivity index (χ3n) is 4.83. The molecule has 3 aromatic rings. The van der Waals surface area contributed by atoms with Crippen molar-refractivity contribution in [2.75, 3.05) is 20.2 Å². The van der Waals surface area contributed by atoms with Crippen molar-refractivity contribution in [2.45, 2.75) is 26.3 Å². The summed E-state index contributed by atoms with van der Waals surface area (Å²) in [6.45, 7) is 4.54. The Bertz CT molecular complexity index is 973. The average molecular weight is 338 g/mol. The second kappa shape index (κ2) is 6.37. The summed E-state index contributed by atoms with van der Waals surface area (Å²) < 4.78 is 6.83. The summed E-state index contributed by atoms with van der Waals surface area (Å²) in [5.74, 6) is 0.912. The second-order valence-electron chi connectivity index (χ2n) is 6.63. The van der Waals surface area contributed by atoms with Crippen molar-refractivity contribution in [2.24, 2.45) is 0 Å². The van der Waals surface area contributed by atoms with Crippen LogP contribution >= 0.6 is 0 Å². The number of nitrogens with zero attached hydrogens (tertiary/aromatic N) is 3. The highest BCUT2D eigenvalue weighted by Crippen LogP contribution is 2.22. The lowest BCUT2D eigenvalue weighted by Crippen LogP contribution is -2.27. The molecule has 0 unspecified atom stereocenters. The molecule has 2 aromatic heterocycles. The molecule has 0 bridgehead atoms. The number of aromatic nitrogens is 3. The van der Waals surface area contributed by atoms with Crippen LogP contribution in [0.5, 0.6) is 5.75 Å². The van der Waals surface area contributed by atoms with Crippen molar-refractivity contribution in [3.8, 4) is 5.75 Å². The first kappa shape index (κ1) is 15.9. The lowest BCUT2D eigenvalue weighted by molar-refractivity contribution is 0.276. The van der Waals surface area contributed by atoms with Crippen LogP contribution in [-0.4, -0.2) is 39.7 Å². The predicted octanol–water partition coefficient (Wildman–Crippen LogP) is 1.94. The molecular weight excluding hydrogens is 316 g/mol. The molecule has 0 amide bonds. The standard InChI is InChI=1S/C19H22N4O2/c1-13-9-18-20-16(11-19(24)23(18)21-13)12-22-7-5-14-3-4-17(25-2)10-15(14)6-8-22/h3-4,9-11,21H,5-8,12H2,1-2H3. The Morgan fingerprint density at radius 1 is 1.16 bits per heavy atom. The maximum Gasteiger partial charge on any atom is 0.272 e. The summed E-state index contributed by atoms with van der Waals surface area (Å²) >= 11 is 0. The van der Waals surface area contributed by atoms with Crippen molar-refractivity contribution in [1.82, 2.24) is 19.5 Å². The smallest absolute Gasteiger partial charge is 0.272 e. The van der Waals surface area contributed by atoms with Crippen molar-refractivity contribution < 1.29 is 4.74 Å². The van der Waals surface area contributed by atoms with Gasteiger partial charge < -0.3 is 4.74 Å². The quantitative estimate of drug-likeness (QED) is 0.793. The second-order valence-corrected chi connectivity index (χ2v) is 6.63. The Labute approximate surface area is 146 Å². The van der Waals surface area contributed by atoms with Crippen LogP contribution in [0.4, 0.5) is 0 Å². The highest BCUT2D eigenvalue weighted by molar-refractivity contribution is 5.39. The number of ether oxygens (including phenoxy) is 1. The van der Waals surface area contributed by atoms with E-state index >= 15 is 0 Å². The normalized spacial score (nSPS) is 15.1. The van der Waals surface area contributed by atoms with E-state index in [1.165, 1.54) is 15.6 Å². The zero-order valence-corrected chi connectivity index (χ0v) is 14.6. The van der Waals surface area contributed by atoms with Gasteiger partial charge in [0.15, 0.2) is 5.65 Å². The summed E-state index contributed by atoms with van der Waals surface area (Å²) in [5, 5.41) is 3.01. The molecule has 130 valence electrons. The first-order chi connectivity index (χ1) is 12.1. The van der Waals surface area contributed by atoms with Crippen molar-refractivity contribution in [1.29, 1.82) is 0 Å². The van der Waals surface area contributed by atoms with Crippen LogP contribution in [0, 0.1) is 6.92 Å². The Morgan fingerprint density at radius 2 is 1.96 bits per heavy atom. The van der Waals surface area contributed by atoms with Crippen LogP contribution < -0.4 is 10.3 Å². The van der Waals surface area contributed by atoms with Gasteiger partial charge in [-0.05, 0) is 43.0 Å². The number of rotatable bonds is 3. The number of hydrogen-bond donors (Lipinski definition) is 1. The molecule has 25 heavy (non-hydrogen) atoms. The first-order valence-electron chi connectivity index (χ1n) is 8.59. The molecule has 0 radical (unpaired) electrons. The molecule has 4 rings (SSSR count). The fourth-order valence-electron chi connectivity index (χ4n) is 3.50. The van der Waals surface area contributed by atoms with Crippen molar-refractivity contribution in [3.63, 3.8) is 0 Å². The van der Waals surface area contributed by atoms with Crippen LogP contribution in [0.1, 0.15) is 22.5 Å². The third-order valence-corrected chi connectivity index (χ3v) is 4.83. The Morgan fingerprint density at radius 3 is 2.76 bits per heavy atom. The summed E-state index contributed by atoms with van der Waals surface area (Å²) in [4.78, 5) is 19.2. The van der Waals surface area contributed by atoms with E-state index in [1.807, 2.05) is 19.1 Å². The Hall–Kier alpha value is -2.60. The van der Waals surface area contributed by atoms with E-state index in [-0.39, 0.29) is 5.56 Å². The molecule has 3 heterocycles. The van der Waals surface area contributed by atoms with E-state index in [0.29, 0.717) is 12.2 Å². The fourth-order valence-corrected chi connectivity index (χ4v) is 3.50. The van der Waals surface area contributed by atoms with Gasteiger partial charge in [0.2, 0.25) is 0 Å². The van der Waals surface area contributed by atoms with Gasteiger partial charge in [0.1, 0.15) is 5.75 Å². The molecule has 1 aliphatic rings. The topological polar surface area (TPSA) is 62.6 Å². The van der Waals surface area contributed by atoms with Gasteiger partial charge in [-0.2, -0.15) is 0 Å². The number of benzene rings is 1. The highest BCUT2D eigenvalue weighted by Gasteiger charge is 2.16. The zero-order valence-electron chi connectivity index (χ0n) is 14.6. The molecule has 0 spiro atoms. The molecule has 1 aromatic carbocycles. The number of aromatic amines is 1. The van der Waals surface area contributed by atoms with Gasteiger partial charge in [-0.1, -0.05) is 6.07 Å². The van der Waals surface area contributed by atoms with Crippen LogP contribution in [0.25, 0.3) is 5.65 Å². The molecule has 1 aliphatic heterocycles. The van der Waals surface area contributed by atoms with Gasteiger partial charge >= 0.3 is 0 Å². The summed E-state index contributed by atoms with van der Waals surface area (Å²) in [6.07, 6.45) is 1.99. The minimum Gasteiger partial charge on any atom is -0.497 e. The largest absolute Gasteiger partial charge is 0.497 e. The minimum atomic E-state index is -0.0593. The van der Waals surface area contributed by atoms with E-state index in [0.717, 1.165) is 43.1 Å². The van der Waals surface area contributed by atoms with Gasteiger partial charge in [0, 0.05) is 37.5 Å². The van der Waals surface area contributed by atoms with Crippen LogP contribution in [0.3, 0.4) is 0 Å². The molecule has 6 nitrogen and oxygen atoms in total. The van der Waals surface area contributed by atoms with Gasteiger partial charge in [0.25, 0.3) is 5.56 Å². The lowest BCUT2D eigenvalue weighted by atomic mass is 10.0. The number of nitrogens with one attached hydrogen (secondary N) is 1. The van der Waals surface area contributed by atoms with Gasteiger partial charge in [-0.15, -0.1) is 0 Å². The van der Waals surface area contributed by atoms with Crippen LogP contribution in [0.2, 0.25) is 0 Å². The van der Waals surface area contributed by atoms with Gasteiger partial charge in [0.05, 0.1) is 12.8 Å². The van der Waals surface area contributed by atoms with Gasteiger partial charge in [-0.3, -0.25) is 14.8 Å². The molecule has 0 saturated carbocycles. The van der Waals surface area contributed by atoms with E-state index in [2.05, 4.69) is 27.1 Å². The fraction of sp³-hybridized carbons (Fsp3) is 0.368. The van der Waals surface area contributed by atoms with E-state index < -0.39 is 0 Å². The molecule has 1 N–H and O–H groups in total. The van der Waals surface area contributed by atoms with E-state index in [1.54, 1.807) is 13.2 Å². The van der Waals surface area contributed by atoms with E-state index in [9.17, 15) is 4.79 Å². The maximum absolute atomic E-state index is 12.2. The molecule has 0 aliphatic carbocycles. The van der Waals surface area contributed by atoms with E-state index in [4.69, 9.17) is 4.74 Å². The monoisotopic (exact) mass is 338 g/mol. The molecule has 0 saturated heterocycles. The van der Waals surface area contributed by atoms with Crippen LogP contribution in [0.15, 0.2) is 35.1 Å². The van der Waals surface area contributed by atoms with Crippen molar-refractivity contribution >= 4 is 5.65 Å². The number of fused-ring (bicyclic) bond motifs is 2. The number of H-pyrrole nitrogens is 1. The van der Waals surface area contributed by atoms with Crippen molar-refractivity contribution in [3.05, 3.63) is 63.2 Å². The lowest BCUT2D eigenvalue weighted by Gasteiger charge is -2.19.